The summed E-state index contributed by atoms with van der Waals surface area (Å²) in [6.45, 7) is 7.20. The SMILES string of the molecule is CC(C)N1CCN(c2nc(Nc3ccc(C#N)c(C(F)(F)F)c3)nc(Oc3cccc4cccnc34)n2)CC1. The fourth-order valence-corrected chi connectivity index (χ4v) is 4.37. The molecule has 0 atom stereocenters. The Morgan fingerprint density at radius 3 is 2.49 bits per heavy atom. The predicted molar refractivity (Wildman–Crippen MR) is 140 cm³/mol. The maximum atomic E-state index is 13.5. The minimum atomic E-state index is -4.70. The van der Waals surface area contributed by atoms with E-state index in [-0.39, 0.29) is 17.6 Å². The zero-order valence-corrected chi connectivity index (χ0v) is 21.3. The largest absolute Gasteiger partial charge is 0.422 e. The van der Waals surface area contributed by atoms with Crippen LogP contribution in [0.2, 0.25) is 0 Å². The molecule has 5 rings (SSSR count). The van der Waals surface area contributed by atoms with Gasteiger partial charge in [0.2, 0.25) is 11.9 Å². The minimum absolute atomic E-state index is 0.00678. The van der Waals surface area contributed by atoms with Gasteiger partial charge in [-0.2, -0.15) is 33.4 Å². The van der Waals surface area contributed by atoms with Gasteiger partial charge in [-0.25, -0.2) is 0 Å². The topological polar surface area (TPSA) is 103 Å². The van der Waals surface area contributed by atoms with Gasteiger partial charge in [-0.3, -0.25) is 9.88 Å². The van der Waals surface area contributed by atoms with Crippen LogP contribution in [0.5, 0.6) is 11.8 Å². The van der Waals surface area contributed by atoms with E-state index in [2.05, 4.69) is 44.0 Å². The molecule has 0 bridgehead atoms. The second-order valence-electron chi connectivity index (χ2n) is 9.29. The third-order valence-electron chi connectivity index (χ3n) is 6.43. The fourth-order valence-electron chi connectivity index (χ4n) is 4.37. The minimum Gasteiger partial charge on any atom is -0.422 e. The molecule has 4 aromatic rings. The lowest BCUT2D eigenvalue weighted by atomic mass is 10.1. The quantitative estimate of drug-likeness (QED) is 0.349. The Hall–Kier alpha value is -4.50. The van der Waals surface area contributed by atoms with Crippen LogP contribution in [-0.4, -0.2) is 57.1 Å². The van der Waals surface area contributed by atoms with Crippen LogP contribution in [0, 0.1) is 11.3 Å². The number of alkyl halides is 3. The number of halogens is 3. The molecular formula is C27H25F3N8O. The third kappa shape index (κ3) is 5.83. The number of nitrogens with one attached hydrogen (secondary N) is 1. The van der Waals surface area contributed by atoms with E-state index in [1.807, 2.05) is 29.2 Å². The van der Waals surface area contributed by atoms with Crippen molar-refractivity contribution in [3.05, 3.63) is 65.9 Å². The van der Waals surface area contributed by atoms with Gasteiger partial charge in [0.25, 0.3) is 0 Å². The number of hydrogen-bond donors (Lipinski definition) is 1. The van der Waals surface area contributed by atoms with E-state index in [1.54, 1.807) is 18.3 Å². The number of nitriles is 1. The van der Waals surface area contributed by atoms with Crippen molar-refractivity contribution in [2.24, 2.45) is 0 Å². The zero-order valence-electron chi connectivity index (χ0n) is 21.3. The molecule has 1 aliphatic rings. The summed E-state index contributed by atoms with van der Waals surface area (Å²) in [6, 6.07) is 14.5. The van der Waals surface area contributed by atoms with Crippen molar-refractivity contribution >= 4 is 28.5 Å². The van der Waals surface area contributed by atoms with Gasteiger partial charge in [-0.1, -0.05) is 18.2 Å². The molecule has 0 aliphatic carbocycles. The van der Waals surface area contributed by atoms with E-state index in [0.29, 0.717) is 36.3 Å². The first-order chi connectivity index (χ1) is 18.7. The van der Waals surface area contributed by atoms with Gasteiger partial charge in [0, 0.05) is 49.5 Å². The van der Waals surface area contributed by atoms with Gasteiger partial charge in [0.1, 0.15) is 5.52 Å². The summed E-state index contributed by atoms with van der Waals surface area (Å²) in [6.07, 6.45) is -3.04. The lowest BCUT2D eigenvalue weighted by Crippen LogP contribution is -2.49. The highest BCUT2D eigenvalue weighted by Gasteiger charge is 2.34. The van der Waals surface area contributed by atoms with E-state index in [0.717, 1.165) is 30.6 Å². The van der Waals surface area contributed by atoms with Crippen molar-refractivity contribution in [1.82, 2.24) is 24.8 Å². The second kappa shape index (κ2) is 10.7. The number of hydrogen-bond acceptors (Lipinski definition) is 9. The van der Waals surface area contributed by atoms with Gasteiger partial charge in [0.05, 0.1) is 17.2 Å². The van der Waals surface area contributed by atoms with E-state index < -0.39 is 17.3 Å². The summed E-state index contributed by atoms with van der Waals surface area (Å²) >= 11 is 0. The lowest BCUT2D eigenvalue weighted by molar-refractivity contribution is -0.137. The Labute approximate surface area is 222 Å². The number of aromatic nitrogens is 4. The number of benzene rings is 2. The highest BCUT2D eigenvalue weighted by atomic mass is 19.4. The number of anilines is 3. The fraction of sp³-hybridized carbons (Fsp3) is 0.296. The molecule has 200 valence electrons. The van der Waals surface area contributed by atoms with E-state index in [4.69, 9.17) is 10.00 Å². The highest BCUT2D eigenvalue weighted by Crippen LogP contribution is 2.34. The molecule has 0 radical (unpaired) electrons. The van der Waals surface area contributed by atoms with Gasteiger partial charge in [-0.15, -0.1) is 0 Å². The molecule has 2 aromatic heterocycles. The molecule has 0 saturated carbocycles. The van der Waals surface area contributed by atoms with Crippen molar-refractivity contribution in [3.8, 4) is 17.8 Å². The van der Waals surface area contributed by atoms with Gasteiger partial charge in [-0.05, 0) is 44.2 Å². The van der Waals surface area contributed by atoms with Crippen LogP contribution in [0.15, 0.2) is 54.7 Å². The highest BCUT2D eigenvalue weighted by molar-refractivity contribution is 5.84. The average molecular weight is 535 g/mol. The van der Waals surface area contributed by atoms with Gasteiger partial charge < -0.3 is 15.0 Å². The van der Waals surface area contributed by atoms with Gasteiger partial charge >= 0.3 is 12.2 Å². The molecule has 1 N–H and O–H groups in total. The standard InChI is InChI=1S/C27H25F3N8O/c1-17(2)37-11-13-38(14-12-37)25-34-24(33-20-9-8-19(16-31)21(15-20)27(28,29)30)35-26(36-25)39-22-7-3-5-18-6-4-10-32-23(18)22/h3-10,15,17H,11-14H2,1-2H3,(H,33,34,35,36). The molecule has 1 aliphatic heterocycles. The molecule has 39 heavy (non-hydrogen) atoms. The monoisotopic (exact) mass is 534 g/mol. The van der Waals surface area contributed by atoms with Crippen LogP contribution in [0.4, 0.5) is 30.8 Å². The molecule has 1 fully saturated rings. The number of fused-ring (bicyclic) bond motifs is 1. The number of para-hydroxylation sites is 1. The molecule has 0 spiro atoms. The first-order valence-corrected chi connectivity index (χ1v) is 12.4. The number of rotatable bonds is 6. The van der Waals surface area contributed by atoms with Crippen LogP contribution in [0.25, 0.3) is 10.9 Å². The maximum Gasteiger partial charge on any atom is 0.417 e. The normalized spacial score (nSPS) is 14.4. The molecule has 9 nitrogen and oxygen atoms in total. The zero-order chi connectivity index (χ0) is 27.6. The van der Waals surface area contributed by atoms with Crippen molar-refractivity contribution in [2.45, 2.75) is 26.1 Å². The van der Waals surface area contributed by atoms with Crippen LogP contribution in [0.1, 0.15) is 25.0 Å². The second-order valence-corrected chi connectivity index (χ2v) is 9.29. The summed E-state index contributed by atoms with van der Waals surface area (Å²) in [5.41, 5.74) is -0.836. The van der Waals surface area contributed by atoms with Crippen molar-refractivity contribution in [2.75, 3.05) is 36.4 Å². The number of pyridine rings is 1. The molecular weight excluding hydrogens is 509 g/mol. The number of nitrogens with zero attached hydrogens (tertiary/aromatic N) is 7. The Kier molecular flexibility index (Phi) is 7.17. The smallest absolute Gasteiger partial charge is 0.417 e. The summed E-state index contributed by atoms with van der Waals surface area (Å²) < 4.78 is 46.6. The lowest BCUT2D eigenvalue weighted by Gasteiger charge is -2.36. The van der Waals surface area contributed by atoms with E-state index in [1.165, 1.54) is 6.07 Å². The van der Waals surface area contributed by atoms with Gasteiger partial charge in [0.15, 0.2) is 5.75 Å². The van der Waals surface area contributed by atoms with Crippen LogP contribution in [0.3, 0.4) is 0 Å². The van der Waals surface area contributed by atoms with Crippen LogP contribution >= 0.6 is 0 Å². The maximum absolute atomic E-state index is 13.5. The molecule has 0 amide bonds. The molecule has 1 saturated heterocycles. The summed E-state index contributed by atoms with van der Waals surface area (Å²) in [7, 11) is 0. The summed E-state index contributed by atoms with van der Waals surface area (Å²) in [5, 5.41) is 12.8. The van der Waals surface area contributed by atoms with Crippen molar-refractivity contribution < 1.29 is 17.9 Å². The first-order valence-electron chi connectivity index (χ1n) is 12.4. The Morgan fingerprint density at radius 2 is 1.77 bits per heavy atom. The Bertz CT molecular complexity index is 1520. The molecule has 2 aromatic carbocycles. The first kappa shape index (κ1) is 26.1. The summed E-state index contributed by atoms with van der Waals surface area (Å²) in [4.78, 5) is 22.1. The Morgan fingerprint density at radius 1 is 1.00 bits per heavy atom. The van der Waals surface area contributed by atoms with Crippen molar-refractivity contribution in [3.63, 3.8) is 0 Å². The summed E-state index contributed by atoms with van der Waals surface area (Å²) in [5.74, 6) is 0.773. The Balaban J connectivity index is 1.51. The molecule has 3 heterocycles. The van der Waals surface area contributed by atoms with E-state index >= 15 is 0 Å². The third-order valence-corrected chi connectivity index (χ3v) is 6.43. The van der Waals surface area contributed by atoms with E-state index in [9.17, 15) is 13.2 Å². The van der Waals surface area contributed by atoms with Crippen molar-refractivity contribution in [1.29, 1.82) is 5.26 Å². The average Bonchev–Trinajstić information content (AvgIpc) is 2.93. The molecule has 0 unspecified atom stereocenters. The predicted octanol–water partition coefficient (Wildman–Crippen LogP) is 5.38. The number of ether oxygens (including phenoxy) is 1. The van der Waals surface area contributed by atoms with Crippen LogP contribution in [-0.2, 0) is 6.18 Å². The van der Waals surface area contributed by atoms with Crippen LogP contribution < -0.4 is 15.0 Å². The molecule has 12 heteroatoms. The number of piperazine rings is 1.